The van der Waals surface area contributed by atoms with Gasteiger partial charge in [-0.1, -0.05) is 49.4 Å². The van der Waals surface area contributed by atoms with Crippen LogP contribution < -0.4 is 9.47 Å². The van der Waals surface area contributed by atoms with Gasteiger partial charge < -0.3 is 38.3 Å². The second-order valence-electron chi connectivity index (χ2n) is 12.0. The second-order valence-corrected chi connectivity index (χ2v) is 12.0. The molecular formula is C36H48O9. The number of methoxy groups -OCH3 is 2. The van der Waals surface area contributed by atoms with Crippen LogP contribution in [0, 0.1) is 5.92 Å². The molecule has 5 atom stereocenters. The Bertz CT molecular complexity index is 1300. The Morgan fingerprint density at radius 1 is 1.00 bits per heavy atom. The van der Waals surface area contributed by atoms with Gasteiger partial charge in [0.1, 0.15) is 35.4 Å². The number of aliphatic hydroxyl groups excluding tert-OH is 1. The molecule has 1 unspecified atom stereocenters. The highest BCUT2D eigenvalue weighted by atomic mass is 16.8. The van der Waals surface area contributed by atoms with Crippen LogP contribution in [0.3, 0.4) is 0 Å². The van der Waals surface area contributed by atoms with E-state index < -0.39 is 30.1 Å². The van der Waals surface area contributed by atoms with Crippen molar-refractivity contribution in [2.24, 2.45) is 5.92 Å². The highest BCUT2D eigenvalue weighted by Gasteiger charge is 2.43. The molecule has 2 aliphatic heterocycles. The summed E-state index contributed by atoms with van der Waals surface area (Å²) in [5.74, 6) is -0.256. The standard InChI is InChI=1S/C36H48O9/c1-24-13-19-30(37)34-32(44-36(3,4)45-34)12-9-11-29-27(10-7-8-21-41-22-26-14-17-28(40-6)18-15-26)16-20-31(42-23-39-5)33(29)35(38)43-25(24)2/h9,11,13-20,24-25,30,32,34,37H,7-8,10,12,21-23H2,1-6H3/b11-9+,19-13-/t24-,25+,30?,32+,34-/m1/s1. The summed E-state index contributed by atoms with van der Waals surface area (Å²) in [6.07, 6.45) is 8.11. The number of ether oxygens (including phenoxy) is 7. The maximum absolute atomic E-state index is 13.8. The molecule has 246 valence electrons. The fraction of sp³-hybridized carbons (Fsp3) is 0.528. The van der Waals surface area contributed by atoms with E-state index in [1.807, 2.05) is 82.3 Å². The van der Waals surface area contributed by atoms with E-state index in [2.05, 4.69) is 0 Å². The zero-order chi connectivity index (χ0) is 32.4. The van der Waals surface area contributed by atoms with E-state index in [0.29, 0.717) is 30.9 Å². The van der Waals surface area contributed by atoms with Gasteiger partial charge >= 0.3 is 5.97 Å². The highest BCUT2D eigenvalue weighted by molar-refractivity contribution is 5.97. The second kappa shape index (κ2) is 16.4. The molecule has 1 fully saturated rings. The van der Waals surface area contributed by atoms with Crippen molar-refractivity contribution < 1.29 is 43.1 Å². The fourth-order valence-corrected chi connectivity index (χ4v) is 5.48. The first-order valence-corrected chi connectivity index (χ1v) is 15.7. The van der Waals surface area contributed by atoms with Crippen molar-refractivity contribution in [1.82, 2.24) is 0 Å². The number of carbonyl (C=O) groups excluding carboxylic acids is 1. The van der Waals surface area contributed by atoms with Gasteiger partial charge in [0.15, 0.2) is 12.6 Å². The summed E-state index contributed by atoms with van der Waals surface area (Å²) in [5.41, 5.74) is 3.17. The molecule has 2 heterocycles. The normalized spacial score (nSPS) is 26.2. The van der Waals surface area contributed by atoms with Gasteiger partial charge in [0.05, 0.1) is 19.8 Å². The summed E-state index contributed by atoms with van der Waals surface area (Å²) in [5, 5.41) is 11.0. The molecule has 0 aromatic heterocycles. The first kappa shape index (κ1) is 34.7. The minimum Gasteiger partial charge on any atom is -0.497 e. The molecule has 2 aromatic rings. The number of rotatable bonds is 11. The first-order chi connectivity index (χ1) is 21.6. The number of esters is 1. The molecule has 2 aliphatic rings. The summed E-state index contributed by atoms with van der Waals surface area (Å²) in [4.78, 5) is 13.8. The van der Waals surface area contributed by atoms with Crippen LogP contribution in [0.4, 0.5) is 0 Å². The largest absolute Gasteiger partial charge is 0.497 e. The number of carbonyl (C=O) groups is 1. The number of aliphatic hydroxyl groups is 1. The molecular weight excluding hydrogens is 576 g/mol. The van der Waals surface area contributed by atoms with E-state index >= 15 is 0 Å². The molecule has 1 saturated heterocycles. The number of fused-ring (bicyclic) bond motifs is 2. The van der Waals surface area contributed by atoms with Crippen molar-refractivity contribution in [3.05, 3.63) is 76.9 Å². The first-order valence-electron chi connectivity index (χ1n) is 15.7. The number of unbranched alkanes of at least 4 members (excludes halogenated alkanes) is 1. The maximum atomic E-state index is 13.8. The van der Waals surface area contributed by atoms with Crippen molar-refractivity contribution in [3.63, 3.8) is 0 Å². The molecule has 0 aliphatic carbocycles. The molecule has 1 N–H and O–H groups in total. The zero-order valence-corrected chi connectivity index (χ0v) is 27.3. The molecule has 0 spiro atoms. The number of cyclic esters (lactones) is 1. The number of aryl methyl sites for hydroxylation is 1. The predicted octanol–water partition coefficient (Wildman–Crippen LogP) is 6.25. The molecule has 9 heteroatoms. The van der Waals surface area contributed by atoms with Crippen LogP contribution in [0.1, 0.15) is 74.0 Å². The number of hydrogen-bond donors (Lipinski definition) is 1. The Hall–Kier alpha value is -3.21. The van der Waals surface area contributed by atoms with Crippen LogP contribution >= 0.6 is 0 Å². The summed E-state index contributed by atoms with van der Waals surface area (Å²) in [6, 6.07) is 11.6. The van der Waals surface area contributed by atoms with E-state index in [0.717, 1.165) is 41.7 Å². The van der Waals surface area contributed by atoms with Crippen LogP contribution in [0.15, 0.2) is 54.6 Å². The average Bonchev–Trinajstić information content (AvgIpc) is 3.34. The molecule has 45 heavy (non-hydrogen) atoms. The molecule has 2 aromatic carbocycles. The molecule has 0 saturated carbocycles. The average molecular weight is 625 g/mol. The van der Waals surface area contributed by atoms with Crippen LogP contribution in [-0.2, 0) is 36.7 Å². The fourth-order valence-electron chi connectivity index (χ4n) is 5.48. The van der Waals surface area contributed by atoms with Crippen molar-refractivity contribution in [1.29, 1.82) is 0 Å². The van der Waals surface area contributed by atoms with Gasteiger partial charge in [-0.15, -0.1) is 0 Å². The summed E-state index contributed by atoms with van der Waals surface area (Å²) < 4.78 is 40.4. The van der Waals surface area contributed by atoms with Gasteiger partial charge in [-0.2, -0.15) is 0 Å². The van der Waals surface area contributed by atoms with Gasteiger partial charge in [0.2, 0.25) is 0 Å². The van der Waals surface area contributed by atoms with Crippen LogP contribution in [0.2, 0.25) is 0 Å². The van der Waals surface area contributed by atoms with Crippen LogP contribution in [0.25, 0.3) is 6.08 Å². The minimum atomic E-state index is -0.873. The maximum Gasteiger partial charge on any atom is 0.342 e. The van der Waals surface area contributed by atoms with Crippen molar-refractivity contribution in [3.8, 4) is 11.5 Å². The Labute approximate surface area is 267 Å². The van der Waals surface area contributed by atoms with Crippen LogP contribution in [-0.4, -0.2) is 68.9 Å². The zero-order valence-electron chi connectivity index (χ0n) is 27.3. The van der Waals surface area contributed by atoms with Gasteiger partial charge in [-0.3, -0.25) is 0 Å². The van der Waals surface area contributed by atoms with Gasteiger partial charge in [0.25, 0.3) is 0 Å². The van der Waals surface area contributed by atoms with E-state index in [1.54, 1.807) is 13.2 Å². The Kier molecular flexibility index (Phi) is 12.6. The van der Waals surface area contributed by atoms with Crippen molar-refractivity contribution in [2.45, 2.75) is 90.2 Å². The third kappa shape index (κ3) is 9.64. The minimum absolute atomic E-state index is 0.00901. The summed E-state index contributed by atoms with van der Waals surface area (Å²) in [6.45, 7) is 8.61. The summed E-state index contributed by atoms with van der Waals surface area (Å²) in [7, 11) is 3.19. The van der Waals surface area contributed by atoms with Gasteiger partial charge in [0, 0.05) is 19.6 Å². The lowest BCUT2D eigenvalue weighted by molar-refractivity contribution is -0.152. The van der Waals surface area contributed by atoms with Crippen molar-refractivity contribution >= 4 is 12.0 Å². The Balaban J connectivity index is 1.56. The quantitative estimate of drug-likeness (QED) is 0.134. The van der Waals surface area contributed by atoms with Gasteiger partial charge in [-0.25, -0.2) is 4.79 Å². The lowest BCUT2D eigenvalue weighted by Crippen LogP contribution is -2.34. The van der Waals surface area contributed by atoms with E-state index in [-0.39, 0.29) is 18.8 Å². The third-order valence-corrected chi connectivity index (χ3v) is 8.10. The van der Waals surface area contributed by atoms with Gasteiger partial charge in [-0.05, 0) is 81.3 Å². The van der Waals surface area contributed by atoms with E-state index in [4.69, 9.17) is 33.2 Å². The molecule has 4 rings (SSSR count). The summed E-state index contributed by atoms with van der Waals surface area (Å²) >= 11 is 0. The van der Waals surface area contributed by atoms with E-state index in [9.17, 15) is 9.90 Å². The SMILES string of the molecule is COCOc1ccc(CCCCOCc2ccc(OC)cc2)c2c1C(=O)O[C@@H](C)[C@H](C)/C=C\C(O)[C@H]1OC(C)(C)O[C@H]1C/C=C/2. The highest BCUT2D eigenvalue weighted by Crippen LogP contribution is 2.34. The Morgan fingerprint density at radius 3 is 2.51 bits per heavy atom. The molecule has 0 radical (unpaired) electrons. The molecule has 0 bridgehead atoms. The lowest BCUT2D eigenvalue weighted by Gasteiger charge is -2.23. The van der Waals surface area contributed by atoms with Crippen LogP contribution in [0.5, 0.6) is 11.5 Å². The number of benzene rings is 2. The molecule has 0 amide bonds. The topological polar surface area (TPSA) is 102 Å². The predicted molar refractivity (Wildman–Crippen MR) is 171 cm³/mol. The van der Waals surface area contributed by atoms with Crippen molar-refractivity contribution in [2.75, 3.05) is 27.6 Å². The Morgan fingerprint density at radius 2 is 1.78 bits per heavy atom. The lowest BCUT2D eigenvalue weighted by atomic mass is 9.94. The van der Waals surface area contributed by atoms with E-state index in [1.165, 1.54) is 7.11 Å². The monoisotopic (exact) mass is 624 g/mol. The molecule has 9 nitrogen and oxygen atoms in total. The smallest absolute Gasteiger partial charge is 0.342 e. The third-order valence-electron chi connectivity index (χ3n) is 8.10. The number of hydrogen-bond acceptors (Lipinski definition) is 9.